The van der Waals surface area contributed by atoms with Crippen LogP contribution in [0.25, 0.3) is 0 Å². The largest absolute Gasteiger partial charge is 0.426 e. The molecule has 28 heavy (non-hydrogen) atoms. The summed E-state index contributed by atoms with van der Waals surface area (Å²) in [6, 6.07) is 8.14. The fourth-order valence-corrected chi connectivity index (χ4v) is 3.51. The number of aryl methyl sites for hydroxylation is 1. The molecule has 0 fully saturated rings. The average Bonchev–Trinajstić information content (AvgIpc) is 2.60. The molecule has 0 saturated carbocycles. The maximum Gasteiger partial charge on any atom is 0.324 e. The van der Waals surface area contributed by atoms with Crippen molar-refractivity contribution in [1.29, 1.82) is 0 Å². The minimum atomic E-state index is -2.10. The Kier molecular flexibility index (Phi) is 6.57. The number of nitro benzene ring substituents is 2. The molecule has 0 aliphatic carbocycles. The summed E-state index contributed by atoms with van der Waals surface area (Å²) in [5, 5.41) is 22.0. The van der Waals surface area contributed by atoms with Crippen LogP contribution in [0.5, 0.6) is 5.75 Å². The maximum absolute atomic E-state index is 12.5. The highest BCUT2D eigenvalue weighted by Crippen LogP contribution is 2.29. The predicted molar refractivity (Wildman–Crippen MR) is 102 cm³/mol. The van der Waals surface area contributed by atoms with E-state index in [1.807, 2.05) is 32.9 Å². The van der Waals surface area contributed by atoms with Gasteiger partial charge in [0.1, 0.15) is 16.4 Å². The van der Waals surface area contributed by atoms with Crippen LogP contribution in [0.3, 0.4) is 0 Å². The number of nitrogens with zero attached hydrogens (tertiary/aromatic N) is 2. The van der Waals surface area contributed by atoms with Gasteiger partial charge in [-0.1, -0.05) is 26.0 Å². The molecule has 148 valence electrons. The highest BCUT2D eigenvalue weighted by Gasteiger charge is 2.25. The molecule has 10 heteroatoms. The standard InChI is InChI=1S/C18H18N2O7S/c1-11(2)14-6-4-12(3)8-16(14)27-18(21)10-28(26)17-7-5-13(19(22)23)9-15(17)20(24)25/h4-9,11H,10H2,1-3H3. The second-order valence-electron chi connectivity index (χ2n) is 6.33. The van der Waals surface area contributed by atoms with Gasteiger partial charge < -0.3 is 4.74 Å². The number of ether oxygens (including phenoxy) is 1. The zero-order valence-electron chi connectivity index (χ0n) is 15.4. The number of esters is 1. The Hall–Kier alpha value is -3.14. The summed E-state index contributed by atoms with van der Waals surface area (Å²) in [4.78, 5) is 32.3. The summed E-state index contributed by atoms with van der Waals surface area (Å²) < 4.78 is 17.8. The summed E-state index contributed by atoms with van der Waals surface area (Å²) in [6.07, 6.45) is 0. The third-order valence-corrected chi connectivity index (χ3v) is 5.19. The highest BCUT2D eigenvalue weighted by atomic mass is 32.2. The molecule has 2 aromatic rings. The van der Waals surface area contributed by atoms with Crippen LogP contribution in [-0.4, -0.2) is 25.8 Å². The van der Waals surface area contributed by atoms with Gasteiger partial charge in [0.15, 0.2) is 0 Å². The lowest BCUT2D eigenvalue weighted by molar-refractivity contribution is -0.396. The van der Waals surface area contributed by atoms with Gasteiger partial charge in [-0.2, -0.15) is 0 Å². The van der Waals surface area contributed by atoms with Crippen molar-refractivity contribution < 1.29 is 23.6 Å². The average molecular weight is 406 g/mol. The maximum atomic E-state index is 12.5. The monoisotopic (exact) mass is 406 g/mol. The van der Waals surface area contributed by atoms with Crippen molar-refractivity contribution in [2.24, 2.45) is 0 Å². The Labute approximate surface area is 163 Å². The summed E-state index contributed by atoms with van der Waals surface area (Å²) in [7, 11) is -2.10. The smallest absolute Gasteiger partial charge is 0.324 e. The van der Waals surface area contributed by atoms with Gasteiger partial charge in [0, 0.05) is 6.07 Å². The zero-order valence-corrected chi connectivity index (χ0v) is 16.2. The molecular weight excluding hydrogens is 388 g/mol. The molecule has 1 unspecified atom stereocenters. The quantitative estimate of drug-likeness (QED) is 0.297. The number of rotatable bonds is 7. The fourth-order valence-electron chi connectivity index (χ4n) is 2.50. The zero-order chi connectivity index (χ0) is 21.0. The minimum absolute atomic E-state index is 0.0876. The molecule has 0 heterocycles. The number of nitro groups is 2. The number of carbonyl (C=O) groups excluding carboxylic acids is 1. The molecule has 2 rings (SSSR count). The van der Waals surface area contributed by atoms with Crippen molar-refractivity contribution in [2.45, 2.75) is 31.6 Å². The van der Waals surface area contributed by atoms with Crippen LogP contribution in [0.1, 0.15) is 30.9 Å². The van der Waals surface area contributed by atoms with E-state index in [1.165, 1.54) is 0 Å². The second kappa shape index (κ2) is 8.70. The minimum Gasteiger partial charge on any atom is -0.426 e. The first-order valence-corrected chi connectivity index (χ1v) is 9.54. The molecule has 0 radical (unpaired) electrons. The second-order valence-corrected chi connectivity index (χ2v) is 7.75. The van der Waals surface area contributed by atoms with E-state index >= 15 is 0 Å². The van der Waals surface area contributed by atoms with Crippen LogP contribution < -0.4 is 4.74 Å². The van der Waals surface area contributed by atoms with E-state index in [0.717, 1.165) is 29.3 Å². The van der Waals surface area contributed by atoms with Gasteiger partial charge in [-0.15, -0.1) is 0 Å². The van der Waals surface area contributed by atoms with Crippen LogP contribution >= 0.6 is 0 Å². The van der Waals surface area contributed by atoms with Gasteiger partial charge >= 0.3 is 5.97 Å². The van der Waals surface area contributed by atoms with Crippen LogP contribution in [0.15, 0.2) is 41.3 Å². The molecule has 0 bridgehead atoms. The lowest BCUT2D eigenvalue weighted by atomic mass is 10.0. The van der Waals surface area contributed by atoms with Crippen molar-refractivity contribution in [3.05, 3.63) is 67.8 Å². The van der Waals surface area contributed by atoms with Crippen LogP contribution in [0, 0.1) is 27.2 Å². The Morgan fingerprint density at radius 2 is 1.79 bits per heavy atom. The summed E-state index contributed by atoms with van der Waals surface area (Å²) >= 11 is 0. The van der Waals surface area contributed by atoms with Crippen LogP contribution in [0.4, 0.5) is 11.4 Å². The number of benzene rings is 2. The van der Waals surface area contributed by atoms with Crippen LogP contribution in [0.2, 0.25) is 0 Å². The number of hydrogen-bond donors (Lipinski definition) is 0. The van der Waals surface area contributed by atoms with Crippen molar-refractivity contribution in [3.8, 4) is 5.75 Å². The summed E-state index contributed by atoms with van der Waals surface area (Å²) in [6.45, 7) is 5.70. The first-order chi connectivity index (χ1) is 13.1. The fraction of sp³-hybridized carbons (Fsp3) is 0.278. The lowest BCUT2D eigenvalue weighted by Crippen LogP contribution is -2.18. The molecule has 1 atom stereocenters. The Morgan fingerprint density at radius 1 is 1.11 bits per heavy atom. The SMILES string of the molecule is Cc1ccc(C(C)C)c(OC(=O)CS(=O)c2ccc([N+](=O)[O-])cc2[N+](=O)[O-])c1. The van der Waals surface area contributed by atoms with E-state index in [1.54, 1.807) is 6.07 Å². The van der Waals surface area contributed by atoms with Crippen molar-refractivity contribution >= 4 is 28.1 Å². The molecule has 2 aromatic carbocycles. The molecule has 0 aromatic heterocycles. The first-order valence-electron chi connectivity index (χ1n) is 8.22. The predicted octanol–water partition coefficient (Wildman–Crippen LogP) is 3.65. The molecule has 0 N–H and O–H groups in total. The Morgan fingerprint density at radius 3 is 2.36 bits per heavy atom. The number of hydrogen-bond acceptors (Lipinski definition) is 7. The first kappa shape index (κ1) is 21.2. The van der Waals surface area contributed by atoms with E-state index in [-0.39, 0.29) is 10.8 Å². The molecule has 9 nitrogen and oxygen atoms in total. The van der Waals surface area contributed by atoms with Crippen molar-refractivity contribution in [3.63, 3.8) is 0 Å². The molecule has 0 saturated heterocycles. The summed E-state index contributed by atoms with van der Waals surface area (Å²) in [5.74, 6) is -1.01. The van der Waals surface area contributed by atoms with E-state index < -0.39 is 43.7 Å². The van der Waals surface area contributed by atoms with Crippen molar-refractivity contribution in [1.82, 2.24) is 0 Å². The van der Waals surface area contributed by atoms with Crippen molar-refractivity contribution in [2.75, 3.05) is 5.75 Å². The number of non-ortho nitro benzene ring substituents is 1. The van der Waals surface area contributed by atoms with Crippen LogP contribution in [-0.2, 0) is 15.6 Å². The van der Waals surface area contributed by atoms with Gasteiger partial charge in [-0.25, -0.2) is 0 Å². The van der Waals surface area contributed by atoms with Gasteiger partial charge in [0.25, 0.3) is 11.4 Å². The molecular formula is C18H18N2O7S. The number of carbonyl (C=O) groups is 1. The van der Waals surface area contributed by atoms with Gasteiger partial charge in [-0.3, -0.25) is 29.2 Å². The van der Waals surface area contributed by atoms with E-state index in [2.05, 4.69) is 0 Å². The van der Waals surface area contributed by atoms with E-state index in [9.17, 15) is 29.2 Å². The van der Waals surface area contributed by atoms with E-state index in [4.69, 9.17) is 4.74 Å². The Bertz CT molecular complexity index is 972. The molecule has 0 aliphatic heterocycles. The van der Waals surface area contributed by atoms with Gasteiger partial charge in [0.05, 0.1) is 26.7 Å². The molecule has 0 aliphatic rings. The molecule has 0 amide bonds. The van der Waals surface area contributed by atoms with E-state index in [0.29, 0.717) is 5.75 Å². The van der Waals surface area contributed by atoms with Gasteiger partial charge in [-0.05, 0) is 36.1 Å². The van der Waals surface area contributed by atoms with Gasteiger partial charge in [0.2, 0.25) is 0 Å². The third kappa shape index (κ3) is 4.97. The third-order valence-electron chi connectivity index (χ3n) is 3.86. The topological polar surface area (TPSA) is 130 Å². The highest BCUT2D eigenvalue weighted by molar-refractivity contribution is 7.86. The molecule has 0 spiro atoms. The Balaban J connectivity index is 2.24. The summed E-state index contributed by atoms with van der Waals surface area (Å²) in [5.41, 5.74) is 0.487. The lowest BCUT2D eigenvalue weighted by Gasteiger charge is -2.13. The normalized spacial score (nSPS) is 11.9.